The van der Waals surface area contributed by atoms with E-state index in [-0.39, 0.29) is 0 Å². The smallest absolute Gasteiger partial charge is 0.0464 e. The minimum atomic E-state index is 0.325. The maximum Gasteiger partial charge on any atom is 0.0464 e. The fourth-order valence-electron chi connectivity index (χ4n) is 2.72. The third-order valence-corrected chi connectivity index (χ3v) is 5.46. The second kappa shape index (κ2) is 7.56. The lowest BCUT2D eigenvalue weighted by molar-refractivity contribution is 0.516. The molecule has 1 aliphatic carbocycles. The average molecular weight is 298 g/mol. The zero-order valence-electron chi connectivity index (χ0n) is 11.9. The van der Waals surface area contributed by atoms with Crippen LogP contribution in [0.25, 0.3) is 0 Å². The molecular weight excluding hydrogens is 274 g/mol. The standard InChI is InChI=1S/C16H24ClNS/c1-3-18-12(2)15-10-9-14(11-16(15)17)19-13-7-5-4-6-8-13/h9-13,18H,3-8H2,1-2H3. The van der Waals surface area contributed by atoms with Crippen LogP contribution in [0.3, 0.4) is 0 Å². The van der Waals surface area contributed by atoms with Crippen LogP contribution in [0.2, 0.25) is 5.02 Å². The summed E-state index contributed by atoms with van der Waals surface area (Å²) in [6.07, 6.45) is 6.91. The van der Waals surface area contributed by atoms with Gasteiger partial charge in [-0.15, -0.1) is 11.8 Å². The summed E-state index contributed by atoms with van der Waals surface area (Å²) in [6.45, 7) is 5.26. The van der Waals surface area contributed by atoms with Crippen molar-refractivity contribution in [3.8, 4) is 0 Å². The molecular formula is C16H24ClNS. The van der Waals surface area contributed by atoms with Gasteiger partial charge in [0.15, 0.2) is 0 Å². The van der Waals surface area contributed by atoms with Crippen molar-refractivity contribution in [2.45, 2.75) is 62.1 Å². The highest BCUT2D eigenvalue weighted by molar-refractivity contribution is 8.00. The van der Waals surface area contributed by atoms with Gasteiger partial charge in [0.1, 0.15) is 0 Å². The Labute approximate surface area is 126 Å². The minimum Gasteiger partial charge on any atom is -0.310 e. The molecule has 1 unspecified atom stereocenters. The Kier molecular flexibility index (Phi) is 6.06. The van der Waals surface area contributed by atoms with Crippen molar-refractivity contribution in [1.82, 2.24) is 5.32 Å². The van der Waals surface area contributed by atoms with Crippen LogP contribution in [0, 0.1) is 0 Å². The molecule has 0 aliphatic heterocycles. The highest BCUT2D eigenvalue weighted by Gasteiger charge is 2.16. The number of thioether (sulfide) groups is 1. The molecule has 1 N–H and O–H groups in total. The first kappa shape index (κ1) is 15.2. The summed E-state index contributed by atoms with van der Waals surface area (Å²) in [4.78, 5) is 1.32. The molecule has 0 saturated heterocycles. The van der Waals surface area contributed by atoms with Crippen molar-refractivity contribution in [2.24, 2.45) is 0 Å². The summed E-state index contributed by atoms with van der Waals surface area (Å²) >= 11 is 8.43. The summed E-state index contributed by atoms with van der Waals surface area (Å²) in [5.41, 5.74) is 1.21. The van der Waals surface area contributed by atoms with Crippen LogP contribution in [0.5, 0.6) is 0 Å². The molecule has 0 radical (unpaired) electrons. The third-order valence-electron chi connectivity index (χ3n) is 3.80. The first-order valence-electron chi connectivity index (χ1n) is 7.40. The second-order valence-electron chi connectivity index (χ2n) is 5.34. The van der Waals surface area contributed by atoms with E-state index in [0.29, 0.717) is 6.04 Å². The number of rotatable bonds is 5. The van der Waals surface area contributed by atoms with E-state index in [0.717, 1.165) is 16.8 Å². The van der Waals surface area contributed by atoms with Crippen molar-refractivity contribution >= 4 is 23.4 Å². The SMILES string of the molecule is CCNC(C)c1ccc(SC2CCCCC2)cc1Cl. The predicted octanol–water partition coefficient (Wildman–Crippen LogP) is 5.44. The molecule has 0 spiro atoms. The number of benzene rings is 1. The Morgan fingerprint density at radius 3 is 2.68 bits per heavy atom. The first-order valence-corrected chi connectivity index (χ1v) is 8.66. The topological polar surface area (TPSA) is 12.0 Å². The highest BCUT2D eigenvalue weighted by Crippen LogP contribution is 2.36. The van der Waals surface area contributed by atoms with Crippen LogP contribution in [0.1, 0.15) is 57.6 Å². The van der Waals surface area contributed by atoms with E-state index >= 15 is 0 Å². The molecule has 0 heterocycles. The Balaban J connectivity index is 2.01. The Bertz CT molecular complexity index is 402. The van der Waals surface area contributed by atoms with Gasteiger partial charge in [-0.05, 0) is 44.0 Å². The van der Waals surface area contributed by atoms with Gasteiger partial charge < -0.3 is 5.32 Å². The molecule has 1 aromatic carbocycles. The van der Waals surface area contributed by atoms with Gasteiger partial charge in [0, 0.05) is 21.2 Å². The fourth-order valence-corrected chi connectivity index (χ4v) is 4.42. The quantitative estimate of drug-likeness (QED) is 0.777. The molecule has 1 fully saturated rings. The van der Waals surface area contributed by atoms with E-state index in [4.69, 9.17) is 11.6 Å². The minimum absolute atomic E-state index is 0.325. The van der Waals surface area contributed by atoms with E-state index in [1.807, 2.05) is 11.8 Å². The van der Waals surface area contributed by atoms with Gasteiger partial charge in [0.05, 0.1) is 0 Å². The van der Waals surface area contributed by atoms with Crippen molar-refractivity contribution in [1.29, 1.82) is 0 Å². The zero-order valence-corrected chi connectivity index (χ0v) is 13.5. The van der Waals surface area contributed by atoms with Crippen LogP contribution < -0.4 is 5.32 Å². The van der Waals surface area contributed by atoms with Crippen LogP contribution in [-0.2, 0) is 0 Å². The van der Waals surface area contributed by atoms with Crippen molar-refractivity contribution in [3.05, 3.63) is 28.8 Å². The van der Waals surface area contributed by atoms with Crippen molar-refractivity contribution < 1.29 is 0 Å². The predicted molar refractivity (Wildman–Crippen MR) is 86.3 cm³/mol. The normalized spacial score (nSPS) is 18.5. The van der Waals surface area contributed by atoms with Gasteiger partial charge in [-0.25, -0.2) is 0 Å². The van der Waals surface area contributed by atoms with Crippen LogP contribution >= 0.6 is 23.4 Å². The van der Waals surface area contributed by atoms with Gasteiger partial charge in [-0.2, -0.15) is 0 Å². The summed E-state index contributed by atoms with van der Waals surface area (Å²) in [6, 6.07) is 6.88. The molecule has 1 atom stereocenters. The third kappa shape index (κ3) is 4.40. The monoisotopic (exact) mass is 297 g/mol. The summed E-state index contributed by atoms with van der Waals surface area (Å²) in [7, 11) is 0. The zero-order chi connectivity index (χ0) is 13.7. The molecule has 106 valence electrons. The maximum absolute atomic E-state index is 6.42. The van der Waals surface area contributed by atoms with E-state index < -0.39 is 0 Å². The number of halogens is 1. The highest BCUT2D eigenvalue weighted by atomic mass is 35.5. The fraction of sp³-hybridized carbons (Fsp3) is 0.625. The average Bonchev–Trinajstić information content (AvgIpc) is 2.40. The van der Waals surface area contributed by atoms with Crippen LogP contribution in [0.15, 0.2) is 23.1 Å². The largest absolute Gasteiger partial charge is 0.310 e. The van der Waals surface area contributed by atoms with Crippen molar-refractivity contribution in [3.63, 3.8) is 0 Å². The number of hydrogen-bond donors (Lipinski definition) is 1. The van der Waals surface area contributed by atoms with Crippen molar-refractivity contribution in [2.75, 3.05) is 6.54 Å². The molecule has 1 saturated carbocycles. The van der Waals surface area contributed by atoms with Gasteiger partial charge in [0.2, 0.25) is 0 Å². The molecule has 3 heteroatoms. The summed E-state index contributed by atoms with van der Waals surface area (Å²) in [5.74, 6) is 0. The molecule has 2 rings (SSSR count). The van der Waals surface area contributed by atoms with E-state index in [9.17, 15) is 0 Å². The molecule has 1 aliphatic rings. The van der Waals surface area contributed by atoms with E-state index in [1.165, 1.54) is 42.6 Å². The molecule has 1 nitrogen and oxygen atoms in total. The van der Waals surface area contributed by atoms with Gasteiger partial charge in [-0.3, -0.25) is 0 Å². The van der Waals surface area contributed by atoms with Gasteiger partial charge in [0.25, 0.3) is 0 Å². The lowest BCUT2D eigenvalue weighted by Gasteiger charge is -2.21. The maximum atomic E-state index is 6.42. The van der Waals surface area contributed by atoms with Crippen LogP contribution in [-0.4, -0.2) is 11.8 Å². The number of nitrogens with one attached hydrogen (secondary N) is 1. The van der Waals surface area contributed by atoms with Crippen LogP contribution in [0.4, 0.5) is 0 Å². The van der Waals surface area contributed by atoms with E-state index in [2.05, 4.69) is 37.4 Å². The molecule has 0 aromatic heterocycles. The lowest BCUT2D eigenvalue weighted by Crippen LogP contribution is -2.18. The Hall–Kier alpha value is -0.180. The summed E-state index contributed by atoms with van der Waals surface area (Å²) in [5, 5.41) is 5.10. The molecule has 1 aromatic rings. The molecule has 19 heavy (non-hydrogen) atoms. The van der Waals surface area contributed by atoms with Gasteiger partial charge >= 0.3 is 0 Å². The lowest BCUT2D eigenvalue weighted by atomic mass is 10.0. The first-order chi connectivity index (χ1) is 9.20. The molecule has 0 bridgehead atoms. The summed E-state index contributed by atoms with van der Waals surface area (Å²) < 4.78 is 0. The van der Waals surface area contributed by atoms with E-state index in [1.54, 1.807) is 0 Å². The number of hydrogen-bond acceptors (Lipinski definition) is 2. The second-order valence-corrected chi connectivity index (χ2v) is 7.12. The Morgan fingerprint density at radius 1 is 1.32 bits per heavy atom. The Morgan fingerprint density at radius 2 is 2.05 bits per heavy atom. The molecule has 0 amide bonds. The van der Waals surface area contributed by atoms with Gasteiger partial charge in [-0.1, -0.05) is 43.9 Å².